The summed E-state index contributed by atoms with van der Waals surface area (Å²) < 4.78 is 0. The Labute approximate surface area is 105 Å². The Bertz CT molecular complexity index is 289. The third-order valence-electron chi connectivity index (χ3n) is 4.37. The summed E-state index contributed by atoms with van der Waals surface area (Å²) in [7, 11) is 0. The van der Waals surface area contributed by atoms with E-state index in [4.69, 9.17) is 5.73 Å². The van der Waals surface area contributed by atoms with Crippen molar-refractivity contribution >= 4 is 5.91 Å². The van der Waals surface area contributed by atoms with Crippen LogP contribution >= 0.6 is 0 Å². The molecule has 2 aliphatic carbocycles. The molecule has 0 heterocycles. The molecule has 0 aromatic rings. The summed E-state index contributed by atoms with van der Waals surface area (Å²) in [6, 6.07) is 0. The largest absolute Gasteiger partial charge is 0.354 e. The van der Waals surface area contributed by atoms with Gasteiger partial charge in [0.1, 0.15) is 0 Å². The Morgan fingerprint density at radius 2 is 1.82 bits per heavy atom. The van der Waals surface area contributed by atoms with Crippen LogP contribution in [0.25, 0.3) is 0 Å². The number of hydrogen-bond donors (Lipinski definition) is 2. The standard InChI is InChI=1S/C14H26N2O/c1-11(2)9-13(5-3-4-6-13)10-16-12(17)14(15)7-8-14/h11H,3-10,15H2,1-2H3,(H,16,17). The van der Waals surface area contributed by atoms with Gasteiger partial charge in [0.25, 0.3) is 0 Å². The normalized spacial score (nSPS) is 24.9. The highest BCUT2D eigenvalue weighted by atomic mass is 16.2. The van der Waals surface area contributed by atoms with Gasteiger partial charge in [0.15, 0.2) is 0 Å². The second-order valence-corrected chi connectivity index (χ2v) is 6.64. The Hall–Kier alpha value is -0.570. The van der Waals surface area contributed by atoms with E-state index in [1.807, 2.05) is 0 Å². The number of hydrogen-bond acceptors (Lipinski definition) is 2. The van der Waals surface area contributed by atoms with Crippen LogP contribution < -0.4 is 11.1 Å². The average Bonchev–Trinajstić information content (AvgIpc) is 2.85. The van der Waals surface area contributed by atoms with E-state index in [2.05, 4.69) is 19.2 Å². The molecule has 3 heteroatoms. The lowest BCUT2D eigenvalue weighted by Crippen LogP contribution is -2.46. The summed E-state index contributed by atoms with van der Waals surface area (Å²) in [5.74, 6) is 0.783. The van der Waals surface area contributed by atoms with Crippen molar-refractivity contribution in [3.8, 4) is 0 Å². The lowest BCUT2D eigenvalue weighted by Gasteiger charge is -2.31. The second kappa shape index (κ2) is 4.60. The van der Waals surface area contributed by atoms with Crippen molar-refractivity contribution in [2.75, 3.05) is 6.54 Å². The summed E-state index contributed by atoms with van der Waals surface area (Å²) in [5, 5.41) is 3.11. The maximum atomic E-state index is 11.9. The van der Waals surface area contributed by atoms with Gasteiger partial charge in [-0.2, -0.15) is 0 Å². The molecule has 0 radical (unpaired) electrons. The molecule has 17 heavy (non-hydrogen) atoms. The first-order valence-corrected chi connectivity index (χ1v) is 7.03. The van der Waals surface area contributed by atoms with Gasteiger partial charge in [-0.3, -0.25) is 4.79 Å². The zero-order chi connectivity index (χ0) is 12.5. The van der Waals surface area contributed by atoms with E-state index in [-0.39, 0.29) is 5.91 Å². The summed E-state index contributed by atoms with van der Waals surface area (Å²) in [5.41, 5.74) is 5.75. The van der Waals surface area contributed by atoms with E-state index in [0.717, 1.165) is 19.4 Å². The minimum Gasteiger partial charge on any atom is -0.354 e. The fraction of sp³-hybridized carbons (Fsp3) is 0.929. The van der Waals surface area contributed by atoms with Crippen LogP contribution in [0.1, 0.15) is 58.8 Å². The van der Waals surface area contributed by atoms with E-state index in [0.29, 0.717) is 11.3 Å². The van der Waals surface area contributed by atoms with Crippen molar-refractivity contribution in [1.29, 1.82) is 0 Å². The molecule has 2 fully saturated rings. The van der Waals surface area contributed by atoms with Crippen molar-refractivity contribution in [3.05, 3.63) is 0 Å². The first kappa shape index (κ1) is 12.9. The number of carbonyl (C=O) groups is 1. The zero-order valence-electron chi connectivity index (χ0n) is 11.2. The summed E-state index contributed by atoms with van der Waals surface area (Å²) in [6.45, 7) is 5.38. The van der Waals surface area contributed by atoms with Gasteiger partial charge in [-0.15, -0.1) is 0 Å². The molecular weight excluding hydrogens is 212 g/mol. The molecule has 0 aromatic carbocycles. The zero-order valence-corrected chi connectivity index (χ0v) is 11.2. The number of nitrogens with one attached hydrogen (secondary N) is 1. The smallest absolute Gasteiger partial charge is 0.240 e. The molecule has 0 spiro atoms. The van der Waals surface area contributed by atoms with E-state index >= 15 is 0 Å². The molecule has 0 aliphatic heterocycles. The summed E-state index contributed by atoms with van der Waals surface area (Å²) in [4.78, 5) is 11.9. The maximum Gasteiger partial charge on any atom is 0.240 e. The molecular formula is C14H26N2O. The van der Waals surface area contributed by atoms with E-state index < -0.39 is 5.54 Å². The minimum atomic E-state index is -0.516. The lowest BCUT2D eigenvalue weighted by molar-refractivity contribution is -0.123. The van der Waals surface area contributed by atoms with Crippen LogP contribution in [0.3, 0.4) is 0 Å². The minimum absolute atomic E-state index is 0.0764. The molecule has 1 amide bonds. The molecule has 2 aliphatic rings. The molecule has 0 atom stereocenters. The highest BCUT2D eigenvalue weighted by Crippen LogP contribution is 2.43. The van der Waals surface area contributed by atoms with Gasteiger partial charge < -0.3 is 11.1 Å². The molecule has 3 nitrogen and oxygen atoms in total. The average molecular weight is 238 g/mol. The van der Waals surface area contributed by atoms with Gasteiger partial charge in [-0.25, -0.2) is 0 Å². The van der Waals surface area contributed by atoms with Crippen molar-refractivity contribution < 1.29 is 4.79 Å². The maximum absolute atomic E-state index is 11.9. The SMILES string of the molecule is CC(C)CC1(CNC(=O)C2(N)CC2)CCCC1. The van der Waals surface area contributed by atoms with Crippen molar-refractivity contribution in [2.24, 2.45) is 17.1 Å². The van der Waals surface area contributed by atoms with E-state index in [1.54, 1.807) is 0 Å². The number of nitrogens with two attached hydrogens (primary N) is 1. The van der Waals surface area contributed by atoms with Crippen molar-refractivity contribution in [1.82, 2.24) is 5.32 Å². The topological polar surface area (TPSA) is 55.1 Å². The van der Waals surface area contributed by atoms with Gasteiger partial charge in [0, 0.05) is 6.54 Å². The van der Waals surface area contributed by atoms with Gasteiger partial charge in [-0.05, 0) is 43.4 Å². The first-order chi connectivity index (χ1) is 7.96. The molecule has 0 bridgehead atoms. The molecule has 0 aromatic heterocycles. The number of carbonyl (C=O) groups excluding carboxylic acids is 1. The van der Waals surface area contributed by atoms with Gasteiger partial charge in [0.05, 0.1) is 5.54 Å². The fourth-order valence-corrected chi connectivity index (χ4v) is 3.25. The Morgan fingerprint density at radius 3 is 2.29 bits per heavy atom. The third kappa shape index (κ3) is 3.01. The highest BCUT2D eigenvalue weighted by Gasteiger charge is 2.46. The van der Waals surface area contributed by atoms with E-state index in [1.165, 1.54) is 32.1 Å². The highest BCUT2D eigenvalue weighted by molar-refractivity contribution is 5.88. The monoisotopic (exact) mass is 238 g/mol. The molecule has 2 rings (SSSR count). The molecule has 2 saturated carbocycles. The second-order valence-electron chi connectivity index (χ2n) is 6.64. The van der Waals surface area contributed by atoms with Crippen LogP contribution in [0, 0.1) is 11.3 Å². The number of amides is 1. The molecule has 0 unspecified atom stereocenters. The van der Waals surface area contributed by atoms with Crippen LogP contribution in [0.5, 0.6) is 0 Å². The predicted molar refractivity (Wildman–Crippen MR) is 69.5 cm³/mol. The van der Waals surface area contributed by atoms with Crippen molar-refractivity contribution in [2.45, 2.75) is 64.3 Å². The predicted octanol–water partition coefficient (Wildman–Crippen LogP) is 2.20. The van der Waals surface area contributed by atoms with Crippen LogP contribution in [-0.4, -0.2) is 18.0 Å². The van der Waals surface area contributed by atoms with Crippen LogP contribution in [0.4, 0.5) is 0 Å². The van der Waals surface area contributed by atoms with E-state index in [9.17, 15) is 4.79 Å². The summed E-state index contributed by atoms with van der Waals surface area (Å²) in [6.07, 6.45) is 8.11. The van der Waals surface area contributed by atoms with Crippen LogP contribution in [0.2, 0.25) is 0 Å². The van der Waals surface area contributed by atoms with Crippen molar-refractivity contribution in [3.63, 3.8) is 0 Å². The Balaban J connectivity index is 1.87. The third-order valence-corrected chi connectivity index (χ3v) is 4.37. The molecule has 0 saturated heterocycles. The lowest BCUT2D eigenvalue weighted by atomic mass is 9.78. The fourth-order valence-electron chi connectivity index (χ4n) is 3.25. The quantitative estimate of drug-likeness (QED) is 0.771. The Morgan fingerprint density at radius 1 is 1.24 bits per heavy atom. The van der Waals surface area contributed by atoms with Gasteiger partial charge in [0.2, 0.25) is 5.91 Å². The molecule has 3 N–H and O–H groups in total. The van der Waals surface area contributed by atoms with Gasteiger partial charge >= 0.3 is 0 Å². The summed E-state index contributed by atoms with van der Waals surface area (Å²) >= 11 is 0. The number of rotatable bonds is 5. The molecule has 98 valence electrons. The van der Waals surface area contributed by atoms with Crippen LogP contribution in [0.15, 0.2) is 0 Å². The Kier molecular flexibility index (Phi) is 3.48. The first-order valence-electron chi connectivity index (χ1n) is 7.03. The van der Waals surface area contributed by atoms with Gasteiger partial charge in [-0.1, -0.05) is 26.7 Å². The van der Waals surface area contributed by atoms with Crippen LogP contribution in [-0.2, 0) is 4.79 Å².